The van der Waals surface area contributed by atoms with E-state index in [0.717, 1.165) is 16.9 Å². The molecule has 0 amide bonds. The maximum Gasteiger partial charge on any atom is 0.304 e. The number of carbonyl (C=O) groups is 1. The number of hydrogen-bond donors (Lipinski definition) is 1. The van der Waals surface area contributed by atoms with Gasteiger partial charge in [-0.05, 0) is 23.3 Å². The summed E-state index contributed by atoms with van der Waals surface area (Å²) in [6, 6.07) is 5.74. The second-order valence-corrected chi connectivity index (χ2v) is 3.56. The number of aliphatic carboxylic acids is 1. The molecule has 0 aromatic heterocycles. The van der Waals surface area contributed by atoms with Gasteiger partial charge in [0.15, 0.2) is 0 Å². The van der Waals surface area contributed by atoms with Crippen molar-refractivity contribution in [1.29, 1.82) is 0 Å². The number of carboxylic acids is 1. The van der Waals surface area contributed by atoms with Crippen LogP contribution in [0.25, 0.3) is 6.08 Å². The molecule has 1 aromatic carbocycles. The Labute approximate surface area is 88.0 Å². The van der Waals surface area contributed by atoms with E-state index in [1.165, 1.54) is 0 Å². The van der Waals surface area contributed by atoms with Crippen LogP contribution in [0.4, 0.5) is 0 Å². The largest absolute Gasteiger partial charge is 0.497 e. The number of carboxylic acid groups (broad SMARTS) is 1. The molecule has 3 nitrogen and oxygen atoms in total. The number of hydrogen-bond acceptors (Lipinski definition) is 2. The minimum Gasteiger partial charge on any atom is -0.497 e. The Morgan fingerprint density at radius 2 is 2.33 bits per heavy atom. The Hall–Kier alpha value is -1.77. The number of benzene rings is 1. The fraction of sp³-hybridized carbons (Fsp3) is 0.250. The first-order chi connectivity index (χ1) is 7.20. The summed E-state index contributed by atoms with van der Waals surface area (Å²) in [5.41, 5.74) is 2.12. The number of fused-ring (bicyclic) bond motifs is 1. The summed E-state index contributed by atoms with van der Waals surface area (Å²) in [5.74, 6) is -0.0271. The summed E-state index contributed by atoms with van der Waals surface area (Å²) in [5, 5.41) is 8.76. The lowest BCUT2D eigenvalue weighted by molar-refractivity contribution is -0.137. The van der Waals surface area contributed by atoms with Gasteiger partial charge in [-0.15, -0.1) is 0 Å². The van der Waals surface area contributed by atoms with E-state index in [1.807, 2.05) is 30.4 Å². The van der Waals surface area contributed by atoms with Crippen molar-refractivity contribution in [2.75, 3.05) is 7.11 Å². The van der Waals surface area contributed by atoms with Crippen LogP contribution in [0.3, 0.4) is 0 Å². The predicted molar refractivity (Wildman–Crippen MR) is 57.0 cm³/mol. The van der Waals surface area contributed by atoms with E-state index in [0.29, 0.717) is 0 Å². The van der Waals surface area contributed by atoms with Crippen molar-refractivity contribution in [1.82, 2.24) is 0 Å². The van der Waals surface area contributed by atoms with E-state index in [2.05, 4.69) is 0 Å². The molecule has 0 heterocycles. The molecular weight excluding hydrogens is 192 g/mol. The fourth-order valence-corrected chi connectivity index (χ4v) is 1.84. The number of allylic oxidation sites excluding steroid dienone is 1. The zero-order chi connectivity index (χ0) is 10.8. The molecule has 2 rings (SSSR count). The van der Waals surface area contributed by atoms with E-state index >= 15 is 0 Å². The molecule has 1 aromatic rings. The average Bonchev–Trinajstić information content (AvgIpc) is 2.60. The van der Waals surface area contributed by atoms with E-state index in [1.54, 1.807) is 7.11 Å². The van der Waals surface area contributed by atoms with Crippen molar-refractivity contribution in [3.63, 3.8) is 0 Å². The highest BCUT2D eigenvalue weighted by Crippen LogP contribution is 2.34. The lowest BCUT2D eigenvalue weighted by Gasteiger charge is -2.09. The third-order valence-electron chi connectivity index (χ3n) is 2.60. The minimum atomic E-state index is -0.777. The van der Waals surface area contributed by atoms with Gasteiger partial charge in [0, 0.05) is 5.92 Å². The third-order valence-corrected chi connectivity index (χ3v) is 2.60. The quantitative estimate of drug-likeness (QED) is 0.821. The van der Waals surface area contributed by atoms with Crippen molar-refractivity contribution in [2.45, 2.75) is 12.3 Å². The van der Waals surface area contributed by atoms with Crippen LogP contribution >= 0.6 is 0 Å². The zero-order valence-corrected chi connectivity index (χ0v) is 8.43. The summed E-state index contributed by atoms with van der Waals surface area (Å²) in [6.07, 6.45) is 4.03. The number of methoxy groups -OCH3 is 1. The number of rotatable bonds is 3. The monoisotopic (exact) mass is 204 g/mol. The summed E-state index contributed by atoms with van der Waals surface area (Å²) in [4.78, 5) is 10.7. The highest BCUT2D eigenvalue weighted by molar-refractivity contribution is 5.72. The Morgan fingerprint density at radius 3 is 3.00 bits per heavy atom. The molecule has 1 N–H and O–H groups in total. The summed E-state index contributed by atoms with van der Waals surface area (Å²) in [6.45, 7) is 0. The standard InChI is InChI=1S/C12H12O3/c1-15-10-5-4-8-2-3-9(6-12(13)14)11(8)7-10/h2-5,7,9H,6H2,1H3,(H,13,14). The van der Waals surface area contributed by atoms with Gasteiger partial charge in [-0.3, -0.25) is 4.79 Å². The van der Waals surface area contributed by atoms with Crippen LogP contribution < -0.4 is 4.74 Å². The van der Waals surface area contributed by atoms with Crippen molar-refractivity contribution in [2.24, 2.45) is 0 Å². The highest BCUT2D eigenvalue weighted by Gasteiger charge is 2.20. The molecular formula is C12H12O3. The van der Waals surface area contributed by atoms with Gasteiger partial charge in [-0.2, -0.15) is 0 Å². The van der Waals surface area contributed by atoms with Crippen LogP contribution in [0.1, 0.15) is 23.5 Å². The molecule has 78 valence electrons. The fourth-order valence-electron chi connectivity index (χ4n) is 1.84. The molecule has 1 unspecified atom stereocenters. The van der Waals surface area contributed by atoms with E-state index < -0.39 is 5.97 Å². The topological polar surface area (TPSA) is 46.5 Å². The first kappa shape index (κ1) is 9.77. The third kappa shape index (κ3) is 1.86. The van der Waals surface area contributed by atoms with Gasteiger partial charge in [0.05, 0.1) is 13.5 Å². The Morgan fingerprint density at radius 1 is 1.53 bits per heavy atom. The van der Waals surface area contributed by atoms with Crippen molar-refractivity contribution in [3.05, 3.63) is 35.4 Å². The van der Waals surface area contributed by atoms with E-state index in [4.69, 9.17) is 9.84 Å². The van der Waals surface area contributed by atoms with Crippen molar-refractivity contribution < 1.29 is 14.6 Å². The molecule has 0 fully saturated rings. The summed E-state index contributed by atoms with van der Waals surface area (Å²) >= 11 is 0. The molecule has 1 aliphatic rings. The van der Waals surface area contributed by atoms with Crippen LogP contribution in [-0.4, -0.2) is 18.2 Å². The lowest BCUT2D eigenvalue weighted by atomic mass is 9.97. The van der Waals surface area contributed by atoms with Crippen molar-refractivity contribution in [3.8, 4) is 5.75 Å². The molecule has 1 atom stereocenters. The molecule has 1 aliphatic carbocycles. The molecule has 0 spiro atoms. The predicted octanol–water partition coefficient (Wildman–Crippen LogP) is 2.28. The maximum absolute atomic E-state index is 10.7. The van der Waals surface area contributed by atoms with Gasteiger partial charge < -0.3 is 9.84 Å². The zero-order valence-electron chi connectivity index (χ0n) is 8.43. The second-order valence-electron chi connectivity index (χ2n) is 3.56. The molecule has 0 aliphatic heterocycles. The first-order valence-corrected chi connectivity index (χ1v) is 4.78. The minimum absolute atomic E-state index is 0.0207. The van der Waals surface area contributed by atoms with Gasteiger partial charge in [0.25, 0.3) is 0 Å². The van der Waals surface area contributed by atoms with Crippen LogP contribution in [0.15, 0.2) is 24.3 Å². The molecule has 0 bridgehead atoms. The molecule has 0 saturated carbocycles. The van der Waals surface area contributed by atoms with E-state index in [9.17, 15) is 4.79 Å². The highest BCUT2D eigenvalue weighted by atomic mass is 16.5. The summed E-state index contributed by atoms with van der Waals surface area (Å²) in [7, 11) is 1.61. The smallest absolute Gasteiger partial charge is 0.304 e. The molecule has 0 saturated heterocycles. The normalized spacial score (nSPS) is 17.5. The maximum atomic E-state index is 10.7. The van der Waals surface area contributed by atoms with Gasteiger partial charge in [0.1, 0.15) is 5.75 Å². The van der Waals surface area contributed by atoms with Crippen molar-refractivity contribution >= 4 is 12.0 Å². The Kier molecular flexibility index (Phi) is 2.46. The van der Waals surface area contributed by atoms with Crippen LogP contribution in [0, 0.1) is 0 Å². The Balaban J connectivity index is 2.31. The van der Waals surface area contributed by atoms with E-state index in [-0.39, 0.29) is 12.3 Å². The number of ether oxygens (including phenoxy) is 1. The summed E-state index contributed by atoms with van der Waals surface area (Å²) < 4.78 is 5.12. The average molecular weight is 204 g/mol. The van der Waals surface area contributed by atoms with Crippen LogP contribution in [-0.2, 0) is 4.79 Å². The van der Waals surface area contributed by atoms with Crippen LogP contribution in [0.2, 0.25) is 0 Å². The van der Waals surface area contributed by atoms with Gasteiger partial charge >= 0.3 is 5.97 Å². The van der Waals surface area contributed by atoms with Crippen LogP contribution in [0.5, 0.6) is 5.75 Å². The SMILES string of the molecule is COc1ccc2c(c1)C(CC(=O)O)C=C2. The molecule has 0 radical (unpaired) electrons. The second kappa shape index (κ2) is 3.77. The molecule has 15 heavy (non-hydrogen) atoms. The first-order valence-electron chi connectivity index (χ1n) is 4.78. The lowest BCUT2D eigenvalue weighted by Crippen LogP contribution is -2.02. The van der Waals surface area contributed by atoms with Gasteiger partial charge in [-0.25, -0.2) is 0 Å². The molecule has 3 heteroatoms. The van der Waals surface area contributed by atoms with Gasteiger partial charge in [-0.1, -0.05) is 18.2 Å². The van der Waals surface area contributed by atoms with Gasteiger partial charge in [0.2, 0.25) is 0 Å². The Bertz CT molecular complexity index is 421.